The lowest BCUT2D eigenvalue weighted by atomic mass is 10.1. The van der Waals surface area contributed by atoms with Crippen LogP contribution in [0.25, 0.3) is 0 Å². The van der Waals surface area contributed by atoms with Crippen molar-refractivity contribution in [1.82, 2.24) is 0 Å². The van der Waals surface area contributed by atoms with E-state index in [1.54, 1.807) is 24.3 Å². The van der Waals surface area contributed by atoms with Crippen LogP contribution in [-0.4, -0.2) is 11.7 Å². The van der Waals surface area contributed by atoms with Crippen molar-refractivity contribution in [3.63, 3.8) is 0 Å². The number of anilines is 1. The Morgan fingerprint density at radius 3 is 2.91 bits per heavy atom. The SMILES string of the molecule is N#Cc1ccc2c(c1)N(Cc1c(F)cccc1Cl)C(=O)CS2. The molecule has 110 valence electrons. The van der Waals surface area contributed by atoms with Gasteiger partial charge < -0.3 is 4.90 Å². The summed E-state index contributed by atoms with van der Waals surface area (Å²) in [5.74, 6) is -0.297. The van der Waals surface area contributed by atoms with Crippen molar-refractivity contribution in [2.45, 2.75) is 11.4 Å². The lowest BCUT2D eigenvalue weighted by molar-refractivity contribution is -0.116. The van der Waals surface area contributed by atoms with E-state index in [1.807, 2.05) is 0 Å². The number of fused-ring (bicyclic) bond motifs is 1. The Hall–Kier alpha value is -2.03. The number of nitrogens with zero attached hydrogens (tertiary/aromatic N) is 2. The number of rotatable bonds is 2. The van der Waals surface area contributed by atoms with E-state index in [9.17, 15) is 9.18 Å². The Balaban J connectivity index is 2.04. The molecular formula is C16H10ClFN2OS. The van der Waals surface area contributed by atoms with E-state index in [-0.39, 0.29) is 28.8 Å². The fraction of sp³-hybridized carbons (Fsp3) is 0.125. The van der Waals surface area contributed by atoms with Gasteiger partial charge in [-0.3, -0.25) is 4.79 Å². The second kappa shape index (κ2) is 5.99. The number of benzene rings is 2. The molecular weight excluding hydrogens is 323 g/mol. The van der Waals surface area contributed by atoms with E-state index in [2.05, 4.69) is 6.07 Å². The zero-order valence-electron chi connectivity index (χ0n) is 11.3. The van der Waals surface area contributed by atoms with Crippen LogP contribution in [0.2, 0.25) is 5.02 Å². The van der Waals surface area contributed by atoms with Gasteiger partial charge in [0.25, 0.3) is 0 Å². The van der Waals surface area contributed by atoms with Gasteiger partial charge in [0.2, 0.25) is 5.91 Å². The molecule has 3 nitrogen and oxygen atoms in total. The molecule has 22 heavy (non-hydrogen) atoms. The largest absolute Gasteiger partial charge is 0.306 e. The highest BCUT2D eigenvalue weighted by Gasteiger charge is 2.26. The summed E-state index contributed by atoms with van der Waals surface area (Å²) in [7, 11) is 0. The number of amides is 1. The molecule has 0 radical (unpaired) electrons. The summed E-state index contributed by atoms with van der Waals surface area (Å²) >= 11 is 7.46. The third-order valence-corrected chi connectivity index (χ3v) is 4.81. The Morgan fingerprint density at radius 1 is 1.36 bits per heavy atom. The summed E-state index contributed by atoms with van der Waals surface area (Å²) < 4.78 is 14.0. The molecule has 2 aromatic rings. The predicted molar refractivity (Wildman–Crippen MR) is 84.5 cm³/mol. The van der Waals surface area contributed by atoms with Crippen LogP contribution in [0.5, 0.6) is 0 Å². The summed E-state index contributed by atoms with van der Waals surface area (Å²) in [6.07, 6.45) is 0. The van der Waals surface area contributed by atoms with E-state index in [0.29, 0.717) is 11.3 Å². The van der Waals surface area contributed by atoms with Gasteiger partial charge in [-0.25, -0.2) is 4.39 Å². The predicted octanol–water partition coefficient (Wildman–Crippen LogP) is 3.99. The van der Waals surface area contributed by atoms with Crippen molar-refractivity contribution in [1.29, 1.82) is 5.26 Å². The standard InChI is InChI=1S/C16H10ClFN2OS/c17-12-2-1-3-13(18)11(12)8-20-14-6-10(7-19)4-5-15(14)22-9-16(20)21/h1-6H,8-9H2. The van der Waals surface area contributed by atoms with Crippen LogP contribution >= 0.6 is 23.4 Å². The number of halogens is 2. The molecule has 0 saturated carbocycles. The summed E-state index contributed by atoms with van der Waals surface area (Å²) in [4.78, 5) is 14.6. The molecule has 0 unspecified atom stereocenters. The summed E-state index contributed by atoms with van der Waals surface area (Å²) in [6, 6.07) is 11.6. The number of thioether (sulfide) groups is 1. The molecule has 0 saturated heterocycles. The third kappa shape index (κ3) is 2.68. The summed E-state index contributed by atoms with van der Waals surface area (Å²) in [5.41, 5.74) is 1.36. The third-order valence-electron chi connectivity index (χ3n) is 3.41. The molecule has 1 aliphatic rings. The van der Waals surface area contributed by atoms with Crippen LogP contribution in [0.15, 0.2) is 41.3 Å². The molecule has 0 fully saturated rings. The van der Waals surface area contributed by atoms with Gasteiger partial charge in [-0.15, -0.1) is 11.8 Å². The number of nitriles is 1. The minimum atomic E-state index is -0.448. The van der Waals surface area contributed by atoms with Crippen LogP contribution in [0.4, 0.5) is 10.1 Å². The summed E-state index contributed by atoms with van der Waals surface area (Å²) in [6.45, 7) is 0.0484. The van der Waals surface area contributed by atoms with Gasteiger partial charge in [0.1, 0.15) is 5.82 Å². The number of hydrogen-bond acceptors (Lipinski definition) is 3. The van der Waals surface area contributed by atoms with Crippen LogP contribution in [0.3, 0.4) is 0 Å². The Labute approximate surface area is 136 Å². The van der Waals surface area contributed by atoms with E-state index in [4.69, 9.17) is 16.9 Å². The average molecular weight is 333 g/mol. The first-order valence-corrected chi connectivity index (χ1v) is 7.86. The van der Waals surface area contributed by atoms with Crippen LogP contribution in [0, 0.1) is 17.1 Å². The van der Waals surface area contributed by atoms with E-state index < -0.39 is 5.82 Å². The van der Waals surface area contributed by atoms with Gasteiger partial charge in [0.15, 0.2) is 0 Å². The van der Waals surface area contributed by atoms with Crippen LogP contribution in [-0.2, 0) is 11.3 Å². The maximum absolute atomic E-state index is 14.0. The lowest BCUT2D eigenvalue weighted by Gasteiger charge is -2.29. The zero-order chi connectivity index (χ0) is 15.7. The number of hydrogen-bond donors (Lipinski definition) is 0. The van der Waals surface area contributed by atoms with E-state index in [1.165, 1.54) is 28.8 Å². The highest BCUT2D eigenvalue weighted by molar-refractivity contribution is 8.00. The van der Waals surface area contributed by atoms with Crippen molar-refractivity contribution in [3.8, 4) is 6.07 Å². The first kappa shape index (κ1) is 14.9. The van der Waals surface area contributed by atoms with Gasteiger partial charge in [-0.05, 0) is 30.3 Å². The maximum Gasteiger partial charge on any atom is 0.237 e. The first-order valence-electron chi connectivity index (χ1n) is 6.50. The van der Waals surface area contributed by atoms with Crippen LogP contribution < -0.4 is 4.90 Å². The van der Waals surface area contributed by atoms with Gasteiger partial charge in [0, 0.05) is 15.5 Å². The van der Waals surface area contributed by atoms with E-state index in [0.717, 1.165) is 4.90 Å². The van der Waals surface area contributed by atoms with Crippen molar-refractivity contribution >= 4 is 35.0 Å². The second-order valence-corrected chi connectivity index (χ2v) is 6.19. The van der Waals surface area contributed by atoms with Gasteiger partial charge in [-0.1, -0.05) is 17.7 Å². The summed E-state index contributed by atoms with van der Waals surface area (Å²) in [5, 5.41) is 9.31. The Bertz CT molecular complexity index is 783. The fourth-order valence-electron chi connectivity index (χ4n) is 2.29. The molecule has 1 heterocycles. The molecule has 0 bridgehead atoms. The maximum atomic E-state index is 14.0. The normalized spacial score (nSPS) is 13.7. The quantitative estimate of drug-likeness (QED) is 0.835. The Kier molecular flexibility index (Phi) is 4.06. The molecule has 0 N–H and O–H groups in total. The smallest absolute Gasteiger partial charge is 0.237 e. The van der Waals surface area contributed by atoms with Gasteiger partial charge in [0.05, 0.1) is 29.6 Å². The van der Waals surface area contributed by atoms with Gasteiger partial charge in [-0.2, -0.15) is 5.26 Å². The van der Waals surface area contributed by atoms with Crippen molar-refractivity contribution in [2.24, 2.45) is 0 Å². The van der Waals surface area contributed by atoms with E-state index >= 15 is 0 Å². The monoisotopic (exact) mass is 332 g/mol. The Morgan fingerprint density at radius 2 is 2.18 bits per heavy atom. The molecule has 0 atom stereocenters. The molecule has 0 aliphatic carbocycles. The zero-order valence-corrected chi connectivity index (χ0v) is 12.9. The van der Waals surface area contributed by atoms with Crippen molar-refractivity contribution in [2.75, 3.05) is 10.7 Å². The lowest BCUT2D eigenvalue weighted by Crippen LogP contribution is -2.35. The first-order chi connectivity index (χ1) is 10.6. The minimum Gasteiger partial charge on any atom is -0.306 e. The second-order valence-electron chi connectivity index (χ2n) is 4.76. The highest BCUT2D eigenvalue weighted by Crippen LogP contribution is 2.37. The number of carbonyl (C=O) groups is 1. The molecule has 2 aromatic carbocycles. The minimum absolute atomic E-state index is 0.0484. The van der Waals surface area contributed by atoms with Crippen molar-refractivity contribution < 1.29 is 9.18 Å². The molecule has 0 spiro atoms. The van der Waals surface area contributed by atoms with Crippen molar-refractivity contribution in [3.05, 3.63) is 58.4 Å². The number of carbonyl (C=O) groups excluding carboxylic acids is 1. The van der Waals surface area contributed by atoms with Crippen LogP contribution in [0.1, 0.15) is 11.1 Å². The van der Waals surface area contributed by atoms with Gasteiger partial charge >= 0.3 is 0 Å². The molecule has 1 amide bonds. The molecule has 6 heteroatoms. The fourth-order valence-corrected chi connectivity index (χ4v) is 3.43. The molecule has 3 rings (SSSR count). The topological polar surface area (TPSA) is 44.1 Å². The molecule has 0 aromatic heterocycles. The highest BCUT2D eigenvalue weighted by atomic mass is 35.5. The molecule has 1 aliphatic heterocycles. The average Bonchev–Trinajstić information content (AvgIpc) is 2.52.